The van der Waals surface area contributed by atoms with E-state index in [1.54, 1.807) is 12.1 Å². The molecule has 100 valence electrons. The summed E-state index contributed by atoms with van der Waals surface area (Å²) in [4.78, 5) is 2.40. The molecule has 1 aromatic carbocycles. The molecule has 2 rings (SSSR count). The SMILES string of the molecule is CC1CCCN(CCC(O)c2cccc(F)c2)C1. The van der Waals surface area contributed by atoms with Crippen LogP contribution in [0.25, 0.3) is 0 Å². The van der Waals surface area contributed by atoms with Crippen LogP contribution in [0.5, 0.6) is 0 Å². The molecule has 0 spiro atoms. The summed E-state index contributed by atoms with van der Waals surface area (Å²) in [6.45, 7) is 5.41. The van der Waals surface area contributed by atoms with E-state index in [0.29, 0.717) is 12.0 Å². The summed E-state index contributed by atoms with van der Waals surface area (Å²) in [6.07, 6.45) is 2.68. The van der Waals surface area contributed by atoms with E-state index in [2.05, 4.69) is 11.8 Å². The Hall–Kier alpha value is -0.930. The predicted molar refractivity (Wildman–Crippen MR) is 70.8 cm³/mol. The molecule has 1 fully saturated rings. The molecule has 1 aromatic rings. The second-order valence-electron chi connectivity index (χ2n) is 5.41. The third-order valence-electron chi connectivity index (χ3n) is 3.69. The average Bonchev–Trinajstić information content (AvgIpc) is 2.36. The second kappa shape index (κ2) is 6.30. The van der Waals surface area contributed by atoms with Crippen molar-refractivity contribution in [2.24, 2.45) is 5.92 Å². The van der Waals surface area contributed by atoms with Gasteiger partial charge in [0.1, 0.15) is 5.82 Å². The molecule has 1 aliphatic heterocycles. The van der Waals surface area contributed by atoms with E-state index in [4.69, 9.17) is 0 Å². The molecule has 18 heavy (non-hydrogen) atoms. The molecule has 0 aromatic heterocycles. The van der Waals surface area contributed by atoms with Gasteiger partial charge in [0.25, 0.3) is 0 Å². The molecular weight excluding hydrogens is 229 g/mol. The minimum absolute atomic E-state index is 0.279. The summed E-state index contributed by atoms with van der Waals surface area (Å²) >= 11 is 0. The van der Waals surface area contributed by atoms with Crippen molar-refractivity contribution < 1.29 is 9.50 Å². The van der Waals surface area contributed by atoms with Gasteiger partial charge in [-0.2, -0.15) is 0 Å². The van der Waals surface area contributed by atoms with Crippen LogP contribution in [0.3, 0.4) is 0 Å². The maximum atomic E-state index is 13.1. The highest BCUT2D eigenvalue weighted by Crippen LogP contribution is 2.20. The molecule has 1 saturated heterocycles. The van der Waals surface area contributed by atoms with Crippen molar-refractivity contribution in [3.8, 4) is 0 Å². The number of benzene rings is 1. The quantitative estimate of drug-likeness (QED) is 0.889. The average molecular weight is 251 g/mol. The fourth-order valence-corrected chi connectivity index (χ4v) is 2.68. The number of nitrogens with zero attached hydrogens (tertiary/aromatic N) is 1. The Morgan fingerprint density at radius 1 is 1.50 bits per heavy atom. The highest BCUT2D eigenvalue weighted by atomic mass is 19.1. The van der Waals surface area contributed by atoms with Gasteiger partial charge in [-0.15, -0.1) is 0 Å². The van der Waals surface area contributed by atoms with Gasteiger partial charge < -0.3 is 10.0 Å². The fraction of sp³-hybridized carbons (Fsp3) is 0.600. The van der Waals surface area contributed by atoms with Crippen molar-refractivity contribution in [1.82, 2.24) is 4.90 Å². The minimum Gasteiger partial charge on any atom is -0.388 e. The van der Waals surface area contributed by atoms with Crippen molar-refractivity contribution in [2.45, 2.75) is 32.3 Å². The molecule has 0 amide bonds. The Morgan fingerprint density at radius 3 is 3.06 bits per heavy atom. The molecule has 3 heteroatoms. The highest BCUT2D eigenvalue weighted by molar-refractivity contribution is 5.18. The molecule has 0 bridgehead atoms. The molecule has 1 N–H and O–H groups in total. The first-order valence-electron chi connectivity index (χ1n) is 6.81. The first-order chi connectivity index (χ1) is 8.65. The van der Waals surface area contributed by atoms with Gasteiger partial charge in [0.2, 0.25) is 0 Å². The summed E-state index contributed by atoms with van der Waals surface area (Å²) in [5.74, 6) is 0.475. The second-order valence-corrected chi connectivity index (χ2v) is 5.41. The van der Waals surface area contributed by atoms with Crippen LogP contribution in [0.4, 0.5) is 4.39 Å². The third-order valence-corrected chi connectivity index (χ3v) is 3.69. The van der Waals surface area contributed by atoms with Crippen LogP contribution in [0.15, 0.2) is 24.3 Å². The van der Waals surface area contributed by atoms with Crippen LogP contribution in [0.1, 0.15) is 37.9 Å². The molecule has 2 nitrogen and oxygen atoms in total. The van der Waals surface area contributed by atoms with Gasteiger partial charge in [-0.25, -0.2) is 4.39 Å². The van der Waals surface area contributed by atoms with Gasteiger partial charge >= 0.3 is 0 Å². The van der Waals surface area contributed by atoms with E-state index in [-0.39, 0.29) is 5.82 Å². The van der Waals surface area contributed by atoms with Crippen LogP contribution in [0.2, 0.25) is 0 Å². The molecule has 1 aliphatic rings. The van der Waals surface area contributed by atoms with E-state index in [9.17, 15) is 9.50 Å². The molecule has 0 radical (unpaired) electrons. The Balaban J connectivity index is 1.82. The van der Waals surface area contributed by atoms with Crippen molar-refractivity contribution >= 4 is 0 Å². The first-order valence-corrected chi connectivity index (χ1v) is 6.81. The maximum absolute atomic E-state index is 13.1. The maximum Gasteiger partial charge on any atom is 0.123 e. The molecular formula is C15H22FNO. The lowest BCUT2D eigenvalue weighted by atomic mass is 9.99. The molecule has 2 atom stereocenters. The number of piperidine rings is 1. The van der Waals surface area contributed by atoms with Crippen molar-refractivity contribution in [2.75, 3.05) is 19.6 Å². The van der Waals surface area contributed by atoms with Gasteiger partial charge in [0.15, 0.2) is 0 Å². The predicted octanol–water partition coefficient (Wildman–Crippen LogP) is 2.98. The summed E-state index contributed by atoms with van der Waals surface area (Å²) in [5.41, 5.74) is 0.681. The Morgan fingerprint density at radius 2 is 2.33 bits per heavy atom. The lowest BCUT2D eigenvalue weighted by molar-refractivity contribution is 0.121. The number of aliphatic hydroxyl groups excluding tert-OH is 1. The van der Waals surface area contributed by atoms with Crippen molar-refractivity contribution in [1.29, 1.82) is 0 Å². The highest BCUT2D eigenvalue weighted by Gasteiger charge is 2.17. The number of hydrogen-bond donors (Lipinski definition) is 1. The largest absolute Gasteiger partial charge is 0.388 e. The van der Waals surface area contributed by atoms with Gasteiger partial charge in [-0.1, -0.05) is 19.1 Å². The zero-order chi connectivity index (χ0) is 13.0. The van der Waals surface area contributed by atoms with Crippen LogP contribution in [0, 0.1) is 11.7 Å². The van der Waals surface area contributed by atoms with Gasteiger partial charge in [-0.3, -0.25) is 0 Å². The lowest BCUT2D eigenvalue weighted by Crippen LogP contribution is -2.35. The number of hydrogen-bond acceptors (Lipinski definition) is 2. The molecule has 0 aliphatic carbocycles. The van der Waals surface area contributed by atoms with Crippen molar-refractivity contribution in [3.63, 3.8) is 0 Å². The molecule has 2 unspecified atom stereocenters. The number of halogens is 1. The van der Waals surface area contributed by atoms with Gasteiger partial charge in [0, 0.05) is 13.1 Å². The summed E-state index contributed by atoms with van der Waals surface area (Å²) in [5, 5.41) is 10.0. The molecule has 1 heterocycles. The smallest absolute Gasteiger partial charge is 0.123 e. The van der Waals surface area contributed by atoms with Crippen LogP contribution < -0.4 is 0 Å². The lowest BCUT2D eigenvalue weighted by Gasteiger charge is -2.31. The summed E-state index contributed by atoms with van der Waals surface area (Å²) < 4.78 is 13.1. The van der Waals surface area contributed by atoms with Gasteiger partial charge in [0.05, 0.1) is 6.10 Å². The normalized spacial score (nSPS) is 22.9. The van der Waals surface area contributed by atoms with E-state index in [1.165, 1.54) is 25.0 Å². The van der Waals surface area contributed by atoms with E-state index in [0.717, 1.165) is 25.6 Å². The number of rotatable bonds is 4. The Labute approximate surface area is 108 Å². The Kier molecular flexibility index (Phi) is 4.72. The Bertz CT molecular complexity index is 383. The minimum atomic E-state index is -0.557. The van der Waals surface area contributed by atoms with Crippen molar-refractivity contribution in [3.05, 3.63) is 35.6 Å². The van der Waals surface area contributed by atoms with E-state index < -0.39 is 6.10 Å². The standard InChI is InChI=1S/C15H22FNO/c1-12-4-3-8-17(11-12)9-7-15(18)13-5-2-6-14(16)10-13/h2,5-6,10,12,15,18H,3-4,7-9,11H2,1H3. The first kappa shape index (κ1) is 13.5. The van der Waals surface area contributed by atoms with Crippen LogP contribution in [-0.2, 0) is 0 Å². The zero-order valence-electron chi connectivity index (χ0n) is 11.0. The zero-order valence-corrected chi connectivity index (χ0v) is 11.0. The summed E-state index contributed by atoms with van der Waals surface area (Å²) in [6, 6.07) is 6.26. The van der Waals surface area contributed by atoms with Crippen LogP contribution >= 0.6 is 0 Å². The summed E-state index contributed by atoms with van der Waals surface area (Å²) in [7, 11) is 0. The topological polar surface area (TPSA) is 23.5 Å². The third kappa shape index (κ3) is 3.79. The molecule has 0 saturated carbocycles. The van der Waals surface area contributed by atoms with Gasteiger partial charge in [-0.05, 0) is 49.4 Å². The van der Waals surface area contributed by atoms with E-state index >= 15 is 0 Å². The number of likely N-dealkylation sites (tertiary alicyclic amines) is 1. The number of aliphatic hydroxyl groups is 1. The van der Waals surface area contributed by atoms with Crippen LogP contribution in [-0.4, -0.2) is 29.6 Å². The van der Waals surface area contributed by atoms with E-state index in [1.807, 2.05) is 0 Å². The fourth-order valence-electron chi connectivity index (χ4n) is 2.68. The monoisotopic (exact) mass is 251 g/mol.